The Morgan fingerprint density at radius 3 is 2.53 bits per heavy atom. The van der Waals surface area contributed by atoms with Crippen LogP contribution in [-0.4, -0.2) is 78.8 Å². The summed E-state index contributed by atoms with van der Waals surface area (Å²) in [5, 5.41) is 15.0. The van der Waals surface area contributed by atoms with Gasteiger partial charge in [-0.1, -0.05) is 43.9 Å². The van der Waals surface area contributed by atoms with Gasteiger partial charge in [0.1, 0.15) is 34.3 Å². The maximum absolute atomic E-state index is 14.2. The molecule has 5 unspecified atom stereocenters. The maximum atomic E-state index is 14.2. The second kappa shape index (κ2) is 17.1. The smallest absolute Gasteiger partial charge is 0.408 e. The van der Waals surface area contributed by atoms with Crippen molar-refractivity contribution >= 4 is 46.2 Å². The lowest BCUT2D eigenvalue weighted by Crippen LogP contribution is -2.53. The van der Waals surface area contributed by atoms with E-state index in [-0.39, 0.29) is 30.8 Å². The number of nitrogens with zero attached hydrogens (tertiary/aromatic N) is 4. The lowest BCUT2D eigenvalue weighted by atomic mass is 10.0. The third-order valence-corrected chi connectivity index (χ3v) is 11.7. The van der Waals surface area contributed by atoms with Crippen molar-refractivity contribution in [2.75, 3.05) is 6.54 Å². The van der Waals surface area contributed by atoms with Gasteiger partial charge >= 0.3 is 12.1 Å². The molecule has 1 aromatic carbocycles. The zero-order valence-corrected chi connectivity index (χ0v) is 33.5. The number of hydrogen-bond donors (Lipinski definition) is 3. The number of nitrogens with one attached hydrogen (secondary N) is 1. The molecule has 298 valence electrons. The molecule has 3 fully saturated rings. The van der Waals surface area contributed by atoms with Gasteiger partial charge in [0.15, 0.2) is 0 Å². The number of benzene rings is 1. The van der Waals surface area contributed by atoms with Crippen LogP contribution in [-0.2, 0) is 19.1 Å². The number of carboxylic acid groups (broad SMARTS) is 1. The average molecular weight is 777 g/mol. The zero-order chi connectivity index (χ0) is 39.4. The lowest BCUT2D eigenvalue weighted by Gasteiger charge is -2.28. The van der Waals surface area contributed by atoms with E-state index in [0.29, 0.717) is 31.2 Å². The van der Waals surface area contributed by atoms with Crippen LogP contribution in [0.25, 0.3) is 21.6 Å². The number of imidazole rings is 1. The van der Waals surface area contributed by atoms with Crippen LogP contribution in [0.3, 0.4) is 0 Å². The van der Waals surface area contributed by atoms with Gasteiger partial charge in [-0.15, -0.1) is 11.3 Å². The van der Waals surface area contributed by atoms with Crippen LogP contribution in [0.1, 0.15) is 123 Å². The summed E-state index contributed by atoms with van der Waals surface area (Å²) in [7, 11) is 0. The summed E-state index contributed by atoms with van der Waals surface area (Å²) in [5.74, 6) is -1.46. The first-order chi connectivity index (χ1) is 26.2. The summed E-state index contributed by atoms with van der Waals surface area (Å²) >= 11 is 1.64. The number of hydrogen-bond acceptors (Lipinski definition) is 9. The predicted octanol–water partition coefficient (Wildman–Crippen LogP) is 7.35. The van der Waals surface area contributed by atoms with Crippen LogP contribution in [0.4, 0.5) is 4.79 Å². The zero-order valence-electron chi connectivity index (χ0n) is 32.7. The Morgan fingerprint density at radius 2 is 1.85 bits per heavy atom. The number of carboxylic acids is 1. The van der Waals surface area contributed by atoms with E-state index < -0.39 is 47.7 Å². The fraction of sp³-hybridized carbons (Fsp3) is 0.610. The minimum Gasteiger partial charge on any atom is -0.481 e. The summed E-state index contributed by atoms with van der Waals surface area (Å²) in [6.07, 6.45) is 11.8. The van der Waals surface area contributed by atoms with Crippen LogP contribution in [0.5, 0.6) is 6.01 Å². The Bertz CT molecular complexity index is 1890. The molecule has 14 heteroatoms. The number of allylic oxidation sites excluding steroid dienone is 2. The molecule has 2 aliphatic carbocycles. The van der Waals surface area contributed by atoms with Crippen molar-refractivity contribution in [2.45, 2.75) is 141 Å². The molecular weight excluding hydrogens is 721 g/mol. The van der Waals surface area contributed by atoms with Crippen molar-refractivity contribution in [1.29, 1.82) is 0 Å². The van der Waals surface area contributed by atoms with Crippen LogP contribution >= 0.6 is 11.3 Å². The molecule has 1 saturated heterocycles. The highest BCUT2D eigenvalue weighted by molar-refractivity contribution is 7.13. The number of primary amides is 1. The molecule has 3 aliphatic rings. The number of fused-ring (bicyclic) bond motifs is 1. The fourth-order valence-corrected chi connectivity index (χ4v) is 8.82. The Hall–Kier alpha value is -4.46. The molecule has 3 heterocycles. The number of thiazole rings is 1. The monoisotopic (exact) mass is 776 g/mol. The molecule has 13 nitrogen and oxygen atoms in total. The Morgan fingerprint density at radius 1 is 1.09 bits per heavy atom. The molecule has 0 radical (unpaired) electrons. The summed E-state index contributed by atoms with van der Waals surface area (Å²) in [4.78, 5) is 62.5. The van der Waals surface area contributed by atoms with Gasteiger partial charge in [0, 0.05) is 29.3 Å². The first-order valence-electron chi connectivity index (χ1n) is 19.8. The molecule has 3 aromatic rings. The Kier molecular flexibility index (Phi) is 12.5. The number of likely N-dealkylation sites (tertiary alicyclic amines) is 1. The van der Waals surface area contributed by atoms with E-state index >= 15 is 0 Å². The largest absolute Gasteiger partial charge is 0.481 e. The third-order valence-electron chi connectivity index (χ3n) is 10.8. The summed E-state index contributed by atoms with van der Waals surface area (Å²) in [5.41, 5.74) is 8.90. The number of nitrogens with two attached hydrogens (primary N) is 1. The molecule has 2 saturated carbocycles. The SMILES string of the molecule is CC(C)n1c(OC2CC(C(N)=O)N(C(=O)C(CCCCCC=CC3CC3C(=O)O)NC(=O)OC(C)(C)C)C2)nc2c(-c3nc(C4CCCC4)cs3)cccc21. The number of amides is 3. The number of unbranched alkanes of at least 4 members (excludes halogenated alkanes) is 3. The standard InChI is InChI=1S/C41H56N6O7S/c1-24(2)47-32-19-13-17-28(36-43-31(23-55-36)25-14-11-12-15-25)34(32)45-39(47)53-27-21-33(35(42)48)46(22-27)37(49)30(44-40(52)54-41(3,4)5)18-10-8-6-7-9-16-26-20-29(26)38(50)51/h9,13,16-17,19,23-27,29-30,33H,6-8,10-12,14-15,18,20-22H2,1-5H3,(H2,42,48)(H,44,52)(H,50,51). The number of para-hydroxylation sites is 1. The van der Waals surface area contributed by atoms with E-state index in [1.165, 1.54) is 30.6 Å². The van der Waals surface area contributed by atoms with Gasteiger partial charge < -0.3 is 30.5 Å². The number of aliphatic carboxylic acids is 1. The predicted molar refractivity (Wildman–Crippen MR) is 211 cm³/mol. The van der Waals surface area contributed by atoms with Crippen molar-refractivity contribution in [1.82, 2.24) is 24.8 Å². The molecule has 2 aromatic heterocycles. The van der Waals surface area contributed by atoms with E-state index in [4.69, 9.17) is 30.3 Å². The van der Waals surface area contributed by atoms with Crippen molar-refractivity contribution in [3.63, 3.8) is 0 Å². The van der Waals surface area contributed by atoms with Gasteiger partial charge in [0.25, 0.3) is 6.01 Å². The summed E-state index contributed by atoms with van der Waals surface area (Å²) in [6.45, 7) is 9.46. The second-order valence-corrected chi connectivity index (χ2v) is 17.4. The third kappa shape index (κ3) is 9.86. The van der Waals surface area contributed by atoms with E-state index in [9.17, 15) is 19.2 Å². The minimum absolute atomic E-state index is 0.0000604. The molecular formula is C41H56N6O7S. The highest BCUT2D eigenvalue weighted by Crippen LogP contribution is 2.41. The molecule has 4 N–H and O–H groups in total. The molecule has 5 atom stereocenters. The summed E-state index contributed by atoms with van der Waals surface area (Å²) in [6, 6.07) is 4.59. The highest BCUT2D eigenvalue weighted by Gasteiger charge is 2.43. The number of alkyl carbamates (subject to hydrolysis) is 1. The van der Waals surface area contributed by atoms with Gasteiger partial charge in [0.2, 0.25) is 11.8 Å². The van der Waals surface area contributed by atoms with Gasteiger partial charge in [-0.25, -0.2) is 9.78 Å². The van der Waals surface area contributed by atoms with E-state index in [0.717, 1.165) is 46.6 Å². The Labute approximate surface area is 327 Å². The van der Waals surface area contributed by atoms with E-state index in [1.807, 2.05) is 34.9 Å². The highest BCUT2D eigenvalue weighted by atomic mass is 32.1. The van der Waals surface area contributed by atoms with Gasteiger partial charge in [0.05, 0.1) is 23.7 Å². The quantitative estimate of drug-likeness (QED) is 0.0991. The fourth-order valence-electron chi connectivity index (χ4n) is 7.89. The van der Waals surface area contributed by atoms with Crippen LogP contribution in [0.15, 0.2) is 35.7 Å². The molecule has 0 bridgehead atoms. The van der Waals surface area contributed by atoms with Crippen molar-refractivity contribution in [2.24, 2.45) is 17.6 Å². The van der Waals surface area contributed by atoms with Gasteiger partial charge in [-0.3, -0.25) is 19.0 Å². The average Bonchev–Trinajstić information content (AvgIpc) is 3.61. The number of carbonyl (C=O) groups is 4. The van der Waals surface area contributed by atoms with Crippen LogP contribution in [0.2, 0.25) is 0 Å². The van der Waals surface area contributed by atoms with E-state index in [1.54, 1.807) is 32.1 Å². The Balaban J connectivity index is 1.16. The van der Waals surface area contributed by atoms with Crippen molar-refractivity contribution < 1.29 is 33.8 Å². The first-order valence-corrected chi connectivity index (χ1v) is 20.7. The number of carbonyl (C=O) groups excluding carboxylic acids is 3. The van der Waals surface area contributed by atoms with E-state index in [2.05, 4.69) is 24.5 Å². The topological polar surface area (TPSA) is 179 Å². The number of ether oxygens (including phenoxy) is 2. The normalized spacial score (nSPS) is 22.1. The van der Waals surface area contributed by atoms with Crippen molar-refractivity contribution in [3.05, 3.63) is 41.4 Å². The van der Waals surface area contributed by atoms with Crippen LogP contribution < -0.4 is 15.8 Å². The summed E-state index contributed by atoms with van der Waals surface area (Å²) < 4.78 is 14.1. The van der Waals surface area contributed by atoms with Crippen molar-refractivity contribution in [3.8, 4) is 16.6 Å². The minimum atomic E-state index is -0.941. The second-order valence-electron chi connectivity index (χ2n) is 16.6. The number of aromatic nitrogens is 3. The molecule has 6 rings (SSSR count). The van der Waals surface area contributed by atoms with Gasteiger partial charge in [-0.05, 0) is 91.2 Å². The maximum Gasteiger partial charge on any atom is 0.408 e. The molecule has 0 spiro atoms. The lowest BCUT2D eigenvalue weighted by molar-refractivity contribution is -0.139. The van der Waals surface area contributed by atoms with Gasteiger partial charge in [-0.2, -0.15) is 4.98 Å². The van der Waals surface area contributed by atoms with Crippen LogP contribution in [0, 0.1) is 11.8 Å². The first kappa shape index (κ1) is 40.2. The number of rotatable bonds is 16. The molecule has 3 amide bonds. The molecule has 1 aliphatic heterocycles. The molecule has 55 heavy (non-hydrogen) atoms.